The van der Waals surface area contributed by atoms with Crippen molar-refractivity contribution < 1.29 is 9.59 Å². The van der Waals surface area contributed by atoms with Gasteiger partial charge in [-0.05, 0) is 69.3 Å². The molecule has 1 aromatic rings. The summed E-state index contributed by atoms with van der Waals surface area (Å²) in [5.74, 6) is 0.0309. The molecule has 2 amide bonds. The van der Waals surface area contributed by atoms with Crippen LogP contribution in [0.25, 0.3) is 0 Å². The lowest BCUT2D eigenvalue weighted by atomic mass is 10.1. The SMILES string of the molecule is Cc1ccc(NC(=O)CN2CCCC2C(=O)NC2CC2)cc1C. The summed E-state index contributed by atoms with van der Waals surface area (Å²) in [6.07, 6.45) is 3.99. The van der Waals surface area contributed by atoms with Gasteiger partial charge in [-0.3, -0.25) is 14.5 Å². The molecule has 1 aliphatic carbocycles. The van der Waals surface area contributed by atoms with E-state index in [9.17, 15) is 9.59 Å². The van der Waals surface area contributed by atoms with Crippen LogP contribution in [0.1, 0.15) is 36.8 Å². The van der Waals surface area contributed by atoms with Crippen LogP contribution in [0, 0.1) is 13.8 Å². The third-order valence-corrected chi connectivity index (χ3v) is 4.73. The molecule has 1 unspecified atom stereocenters. The maximum Gasteiger partial charge on any atom is 0.238 e. The predicted octanol–water partition coefficient (Wildman–Crippen LogP) is 1.98. The molecule has 5 heteroatoms. The largest absolute Gasteiger partial charge is 0.352 e. The van der Waals surface area contributed by atoms with Gasteiger partial charge >= 0.3 is 0 Å². The zero-order valence-corrected chi connectivity index (χ0v) is 13.9. The Morgan fingerprint density at radius 1 is 1.17 bits per heavy atom. The van der Waals surface area contributed by atoms with Crippen molar-refractivity contribution in [3.63, 3.8) is 0 Å². The summed E-state index contributed by atoms with van der Waals surface area (Å²) in [6, 6.07) is 6.12. The number of hydrogen-bond acceptors (Lipinski definition) is 3. The van der Waals surface area contributed by atoms with E-state index in [0.717, 1.165) is 43.5 Å². The Bertz CT molecular complexity index is 610. The summed E-state index contributed by atoms with van der Waals surface area (Å²) in [5.41, 5.74) is 3.18. The molecule has 1 aliphatic heterocycles. The summed E-state index contributed by atoms with van der Waals surface area (Å²) < 4.78 is 0. The van der Waals surface area contributed by atoms with Crippen LogP contribution in [0.2, 0.25) is 0 Å². The number of nitrogens with one attached hydrogen (secondary N) is 2. The van der Waals surface area contributed by atoms with Gasteiger partial charge in [0.15, 0.2) is 0 Å². The fraction of sp³-hybridized carbons (Fsp3) is 0.556. The van der Waals surface area contributed by atoms with Crippen LogP contribution >= 0.6 is 0 Å². The normalized spacial score (nSPS) is 21.2. The van der Waals surface area contributed by atoms with Crippen LogP contribution in [0.15, 0.2) is 18.2 Å². The molecule has 1 saturated heterocycles. The molecule has 5 nitrogen and oxygen atoms in total. The summed E-state index contributed by atoms with van der Waals surface area (Å²) in [4.78, 5) is 26.5. The molecular weight excluding hydrogens is 290 g/mol. The highest BCUT2D eigenvalue weighted by atomic mass is 16.2. The van der Waals surface area contributed by atoms with E-state index in [4.69, 9.17) is 0 Å². The lowest BCUT2D eigenvalue weighted by Crippen LogP contribution is -2.46. The Balaban J connectivity index is 1.55. The average molecular weight is 315 g/mol. The second kappa shape index (κ2) is 6.71. The smallest absolute Gasteiger partial charge is 0.238 e. The molecule has 2 fully saturated rings. The van der Waals surface area contributed by atoms with E-state index in [0.29, 0.717) is 6.04 Å². The van der Waals surface area contributed by atoms with Gasteiger partial charge in [0.25, 0.3) is 0 Å². The Morgan fingerprint density at radius 2 is 1.96 bits per heavy atom. The molecule has 0 radical (unpaired) electrons. The van der Waals surface area contributed by atoms with Crippen LogP contribution in [-0.4, -0.2) is 41.9 Å². The first-order valence-electron chi connectivity index (χ1n) is 8.44. The van der Waals surface area contributed by atoms with Crippen molar-refractivity contribution in [1.29, 1.82) is 0 Å². The van der Waals surface area contributed by atoms with Gasteiger partial charge in [-0.2, -0.15) is 0 Å². The first-order chi connectivity index (χ1) is 11.0. The van der Waals surface area contributed by atoms with Crippen LogP contribution in [-0.2, 0) is 9.59 Å². The number of amides is 2. The van der Waals surface area contributed by atoms with E-state index >= 15 is 0 Å². The number of anilines is 1. The minimum absolute atomic E-state index is 0.0561. The monoisotopic (exact) mass is 315 g/mol. The van der Waals surface area contributed by atoms with Crippen molar-refractivity contribution in [2.75, 3.05) is 18.4 Å². The highest BCUT2D eigenvalue weighted by Gasteiger charge is 2.34. The third-order valence-electron chi connectivity index (χ3n) is 4.73. The number of nitrogens with zero attached hydrogens (tertiary/aromatic N) is 1. The molecule has 1 saturated carbocycles. The molecule has 1 atom stereocenters. The fourth-order valence-corrected chi connectivity index (χ4v) is 3.04. The van der Waals surface area contributed by atoms with Gasteiger partial charge in [0.2, 0.25) is 11.8 Å². The van der Waals surface area contributed by atoms with Gasteiger partial charge in [0.05, 0.1) is 12.6 Å². The predicted molar refractivity (Wildman–Crippen MR) is 90.3 cm³/mol. The van der Waals surface area contributed by atoms with E-state index in [1.807, 2.05) is 36.9 Å². The van der Waals surface area contributed by atoms with Gasteiger partial charge in [-0.1, -0.05) is 6.07 Å². The first-order valence-corrected chi connectivity index (χ1v) is 8.44. The first kappa shape index (κ1) is 16.0. The molecule has 3 rings (SSSR count). The zero-order chi connectivity index (χ0) is 16.4. The number of likely N-dealkylation sites (tertiary alicyclic amines) is 1. The van der Waals surface area contributed by atoms with Gasteiger partial charge in [-0.15, -0.1) is 0 Å². The number of benzene rings is 1. The lowest BCUT2D eigenvalue weighted by molar-refractivity contribution is -0.126. The molecule has 1 aromatic carbocycles. The molecule has 1 heterocycles. The number of aryl methyl sites for hydroxylation is 2. The highest BCUT2D eigenvalue weighted by Crippen LogP contribution is 2.22. The Labute approximate surface area is 137 Å². The van der Waals surface area contributed by atoms with Gasteiger partial charge in [-0.25, -0.2) is 0 Å². The zero-order valence-electron chi connectivity index (χ0n) is 13.9. The van der Waals surface area contributed by atoms with Crippen molar-refractivity contribution in [1.82, 2.24) is 10.2 Å². The van der Waals surface area contributed by atoms with Gasteiger partial charge in [0, 0.05) is 11.7 Å². The fourth-order valence-electron chi connectivity index (χ4n) is 3.04. The van der Waals surface area contributed by atoms with E-state index in [1.54, 1.807) is 0 Å². The maximum atomic E-state index is 12.3. The summed E-state index contributed by atoms with van der Waals surface area (Å²) in [6.45, 7) is 5.16. The molecule has 2 aliphatic rings. The molecule has 0 aromatic heterocycles. The highest BCUT2D eigenvalue weighted by molar-refractivity contribution is 5.93. The second-order valence-electron chi connectivity index (χ2n) is 6.76. The van der Waals surface area contributed by atoms with E-state index in [2.05, 4.69) is 10.6 Å². The second-order valence-corrected chi connectivity index (χ2v) is 6.76. The van der Waals surface area contributed by atoms with E-state index < -0.39 is 0 Å². The molecule has 0 spiro atoms. The van der Waals surface area contributed by atoms with E-state index in [1.165, 1.54) is 5.56 Å². The number of carbonyl (C=O) groups excluding carboxylic acids is 2. The van der Waals surface area contributed by atoms with Crippen LogP contribution < -0.4 is 10.6 Å². The standard InChI is InChI=1S/C18H25N3O2/c1-12-5-6-15(10-13(12)2)19-17(22)11-21-9-3-4-16(21)18(23)20-14-7-8-14/h5-6,10,14,16H,3-4,7-9,11H2,1-2H3,(H,19,22)(H,20,23). The summed E-state index contributed by atoms with van der Waals surface area (Å²) >= 11 is 0. The average Bonchev–Trinajstić information content (AvgIpc) is 3.19. The Morgan fingerprint density at radius 3 is 2.65 bits per heavy atom. The number of rotatable bonds is 5. The van der Waals surface area contributed by atoms with E-state index in [-0.39, 0.29) is 24.4 Å². The number of carbonyl (C=O) groups is 2. The van der Waals surface area contributed by atoms with Crippen LogP contribution in [0.5, 0.6) is 0 Å². The molecule has 124 valence electrons. The third kappa shape index (κ3) is 4.10. The quantitative estimate of drug-likeness (QED) is 0.873. The van der Waals surface area contributed by atoms with Crippen molar-refractivity contribution >= 4 is 17.5 Å². The topological polar surface area (TPSA) is 61.4 Å². The molecule has 2 N–H and O–H groups in total. The number of hydrogen-bond donors (Lipinski definition) is 2. The van der Waals surface area contributed by atoms with Gasteiger partial charge in [0.1, 0.15) is 0 Å². The van der Waals surface area contributed by atoms with Crippen LogP contribution in [0.3, 0.4) is 0 Å². The minimum Gasteiger partial charge on any atom is -0.352 e. The summed E-state index contributed by atoms with van der Waals surface area (Å²) in [7, 11) is 0. The minimum atomic E-state index is -0.152. The molecule has 23 heavy (non-hydrogen) atoms. The van der Waals surface area contributed by atoms with Crippen molar-refractivity contribution in [3.8, 4) is 0 Å². The summed E-state index contributed by atoms with van der Waals surface area (Å²) in [5, 5.41) is 5.99. The maximum absolute atomic E-state index is 12.3. The van der Waals surface area contributed by atoms with Gasteiger partial charge < -0.3 is 10.6 Å². The van der Waals surface area contributed by atoms with Crippen LogP contribution in [0.4, 0.5) is 5.69 Å². The molecule has 0 bridgehead atoms. The molecular formula is C18H25N3O2. The van der Waals surface area contributed by atoms with Crippen molar-refractivity contribution in [2.24, 2.45) is 0 Å². The van der Waals surface area contributed by atoms with Crippen molar-refractivity contribution in [3.05, 3.63) is 29.3 Å². The van der Waals surface area contributed by atoms with Crippen molar-refractivity contribution in [2.45, 2.75) is 51.6 Å². The lowest BCUT2D eigenvalue weighted by Gasteiger charge is -2.23. The Hall–Kier alpha value is -1.88. The Kier molecular flexibility index (Phi) is 4.66.